The predicted molar refractivity (Wildman–Crippen MR) is 105 cm³/mol. The van der Waals surface area contributed by atoms with Gasteiger partial charge in [0.1, 0.15) is 28.8 Å². The number of rotatable bonds is 7. The summed E-state index contributed by atoms with van der Waals surface area (Å²) in [6.45, 7) is 2.28. The van der Waals surface area contributed by atoms with Crippen LogP contribution in [0.3, 0.4) is 0 Å². The Balaban J connectivity index is 1.84. The third kappa shape index (κ3) is 6.30. The van der Waals surface area contributed by atoms with Crippen LogP contribution in [0.2, 0.25) is 0 Å². The first kappa shape index (κ1) is 27.8. The third-order valence-corrected chi connectivity index (χ3v) is 5.13. The van der Waals surface area contributed by atoms with Gasteiger partial charge in [0, 0.05) is 23.6 Å². The van der Waals surface area contributed by atoms with E-state index in [4.69, 9.17) is 9.47 Å². The minimum Gasteiger partial charge on any atom is -0.429 e. The largest absolute Gasteiger partial charge is 0.429 e. The van der Waals surface area contributed by atoms with Crippen molar-refractivity contribution in [1.82, 2.24) is 0 Å². The Bertz CT molecular complexity index is 1100. The maximum absolute atomic E-state index is 14.6. The number of allylic oxidation sites excluding steroid dienone is 1. The van der Waals surface area contributed by atoms with E-state index in [1.165, 1.54) is 0 Å². The molecule has 0 saturated carbocycles. The zero-order valence-electron chi connectivity index (χ0n) is 18.4. The lowest BCUT2D eigenvalue weighted by Crippen LogP contribution is -2.28. The number of hydrogen-bond acceptors (Lipinski definition) is 3. The number of benzene rings is 2. The lowest BCUT2D eigenvalue weighted by atomic mass is 10.0. The van der Waals surface area contributed by atoms with Crippen molar-refractivity contribution < 1.29 is 58.1 Å². The van der Waals surface area contributed by atoms with Crippen LogP contribution in [0.15, 0.2) is 30.3 Å². The van der Waals surface area contributed by atoms with Crippen LogP contribution in [0.5, 0.6) is 5.75 Å². The molecule has 1 fully saturated rings. The molecule has 1 saturated heterocycles. The average molecular weight is 532 g/mol. The SMILES string of the molecule is CCCC1COC(c2ccc(C(F)(F)Oc3cc(F)c(C(F)=CC(F)(F)F)c(F)c3)c(F)c2F)OC1. The van der Waals surface area contributed by atoms with Crippen molar-refractivity contribution in [2.45, 2.75) is 38.3 Å². The minimum absolute atomic E-state index is 0.0285. The Kier molecular flexibility index (Phi) is 8.23. The zero-order valence-corrected chi connectivity index (χ0v) is 18.4. The van der Waals surface area contributed by atoms with Crippen LogP contribution in [0.25, 0.3) is 5.83 Å². The van der Waals surface area contributed by atoms with Crippen molar-refractivity contribution in [1.29, 1.82) is 0 Å². The summed E-state index contributed by atoms with van der Waals surface area (Å²) in [4.78, 5) is 0. The highest BCUT2D eigenvalue weighted by Gasteiger charge is 2.41. The molecule has 3 rings (SSSR count). The molecule has 2 aromatic carbocycles. The first-order valence-electron chi connectivity index (χ1n) is 10.5. The van der Waals surface area contributed by atoms with Crippen molar-refractivity contribution in [2.75, 3.05) is 13.2 Å². The monoisotopic (exact) mass is 532 g/mol. The van der Waals surface area contributed by atoms with Crippen molar-refractivity contribution >= 4 is 5.83 Å². The molecule has 1 aliphatic rings. The first-order valence-corrected chi connectivity index (χ1v) is 10.5. The standard InChI is InChI=1S/C23H18F10O3/c1-2-3-11-9-34-21(35-10-11)13-4-5-14(20(28)19(13)27)23(32,33)36-12-6-15(24)18(16(25)7-12)17(26)8-22(29,30)31/h4-8,11,21H,2-3,9-10H2,1H3. The van der Waals surface area contributed by atoms with Gasteiger partial charge < -0.3 is 14.2 Å². The third-order valence-electron chi connectivity index (χ3n) is 5.13. The van der Waals surface area contributed by atoms with Gasteiger partial charge in [-0.05, 0) is 12.5 Å². The molecule has 13 heteroatoms. The highest BCUT2D eigenvalue weighted by Crippen LogP contribution is 2.39. The summed E-state index contributed by atoms with van der Waals surface area (Å²) in [7, 11) is 0. The average Bonchev–Trinajstić information content (AvgIpc) is 2.74. The van der Waals surface area contributed by atoms with E-state index in [-0.39, 0.29) is 31.3 Å². The molecule has 0 N–H and O–H groups in total. The fourth-order valence-electron chi connectivity index (χ4n) is 3.52. The molecule has 0 spiro atoms. The highest BCUT2D eigenvalue weighted by molar-refractivity contribution is 5.61. The molecule has 0 amide bonds. The summed E-state index contributed by atoms with van der Waals surface area (Å²) < 4.78 is 151. The predicted octanol–water partition coefficient (Wildman–Crippen LogP) is 7.71. The van der Waals surface area contributed by atoms with Crippen molar-refractivity contribution in [2.24, 2.45) is 5.92 Å². The maximum atomic E-state index is 14.6. The molecule has 2 aromatic rings. The molecular formula is C23H18F10O3. The van der Waals surface area contributed by atoms with Gasteiger partial charge in [-0.1, -0.05) is 19.4 Å². The van der Waals surface area contributed by atoms with E-state index < -0.39 is 76.2 Å². The normalized spacial score (nSPS) is 19.5. The molecule has 0 unspecified atom stereocenters. The van der Waals surface area contributed by atoms with E-state index in [2.05, 4.69) is 4.74 Å². The van der Waals surface area contributed by atoms with E-state index in [1.54, 1.807) is 0 Å². The topological polar surface area (TPSA) is 27.7 Å². The number of hydrogen-bond donors (Lipinski definition) is 0. The maximum Gasteiger partial charge on any atom is 0.429 e. The van der Waals surface area contributed by atoms with Gasteiger partial charge in [0.25, 0.3) is 0 Å². The summed E-state index contributed by atoms with van der Waals surface area (Å²) in [5.41, 5.74) is -3.94. The molecular weight excluding hydrogens is 514 g/mol. The Morgan fingerprint density at radius 1 is 0.972 bits per heavy atom. The van der Waals surface area contributed by atoms with Crippen LogP contribution >= 0.6 is 0 Å². The van der Waals surface area contributed by atoms with Crippen LogP contribution in [0.4, 0.5) is 43.9 Å². The fourth-order valence-corrected chi connectivity index (χ4v) is 3.52. The summed E-state index contributed by atoms with van der Waals surface area (Å²) in [5, 5.41) is 0. The second-order valence-electron chi connectivity index (χ2n) is 7.90. The lowest BCUT2D eigenvalue weighted by molar-refractivity contribution is -0.207. The summed E-state index contributed by atoms with van der Waals surface area (Å²) in [6.07, 6.45) is -10.8. The minimum atomic E-state index is -5.26. The van der Waals surface area contributed by atoms with Crippen molar-refractivity contribution in [3.63, 3.8) is 0 Å². The van der Waals surface area contributed by atoms with Gasteiger partial charge in [0.15, 0.2) is 17.9 Å². The van der Waals surface area contributed by atoms with Crippen LogP contribution in [-0.4, -0.2) is 19.4 Å². The number of halogens is 10. The number of alkyl halides is 5. The Hall–Kier alpha value is -2.80. The Morgan fingerprint density at radius 3 is 2.08 bits per heavy atom. The van der Waals surface area contributed by atoms with Gasteiger partial charge in [0.05, 0.1) is 24.9 Å². The van der Waals surface area contributed by atoms with E-state index in [9.17, 15) is 43.9 Å². The molecule has 0 aromatic heterocycles. The second-order valence-corrected chi connectivity index (χ2v) is 7.90. The van der Waals surface area contributed by atoms with Gasteiger partial charge in [-0.15, -0.1) is 0 Å². The van der Waals surface area contributed by atoms with E-state index in [0.717, 1.165) is 18.9 Å². The fraction of sp³-hybridized carbons (Fsp3) is 0.391. The summed E-state index contributed by atoms with van der Waals surface area (Å²) in [5.74, 6) is -11.5. The quantitative estimate of drug-likeness (QED) is 0.342. The van der Waals surface area contributed by atoms with Crippen LogP contribution in [0, 0.1) is 29.2 Å². The van der Waals surface area contributed by atoms with Gasteiger partial charge in [-0.2, -0.15) is 22.0 Å². The zero-order chi connectivity index (χ0) is 26.8. The molecule has 0 aliphatic carbocycles. The lowest BCUT2D eigenvalue weighted by Gasteiger charge is -2.30. The van der Waals surface area contributed by atoms with E-state index in [1.807, 2.05) is 6.92 Å². The molecule has 0 radical (unpaired) electrons. The van der Waals surface area contributed by atoms with Gasteiger partial charge in [-0.3, -0.25) is 0 Å². The van der Waals surface area contributed by atoms with Crippen LogP contribution in [0.1, 0.15) is 42.7 Å². The molecule has 0 bridgehead atoms. The molecule has 198 valence electrons. The van der Waals surface area contributed by atoms with Gasteiger partial charge in [-0.25, -0.2) is 22.0 Å². The second kappa shape index (κ2) is 10.7. The van der Waals surface area contributed by atoms with Crippen molar-refractivity contribution in [3.8, 4) is 5.75 Å². The molecule has 1 aliphatic heterocycles. The van der Waals surface area contributed by atoms with Gasteiger partial charge in [0.2, 0.25) is 0 Å². The summed E-state index contributed by atoms with van der Waals surface area (Å²) >= 11 is 0. The smallest absolute Gasteiger partial charge is 0.429 e. The van der Waals surface area contributed by atoms with Crippen molar-refractivity contribution in [3.05, 3.63) is 70.3 Å². The molecule has 0 atom stereocenters. The van der Waals surface area contributed by atoms with Crippen LogP contribution in [-0.2, 0) is 15.6 Å². The molecule has 36 heavy (non-hydrogen) atoms. The highest BCUT2D eigenvalue weighted by atomic mass is 19.4. The molecule has 3 nitrogen and oxygen atoms in total. The first-order chi connectivity index (χ1) is 16.7. The number of ether oxygens (including phenoxy) is 3. The van der Waals surface area contributed by atoms with E-state index in [0.29, 0.717) is 6.07 Å². The van der Waals surface area contributed by atoms with Crippen LogP contribution < -0.4 is 4.74 Å². The Morgan fingerprint density at radius 2 is 1.56 bits per heavy atom. The van der Waals surface area contributed by atoms with E-state index >= 15 is 0 Å². The van der Waals surface area contributed by atoms with Gasteiger partial charge >= 0.3 is 12.3 Å². The summed E-state index contributed by atoms with van der Waals surface area (Å²) in [6, 6.07) is 1.15. The Labute approximate surface area is 198 Å². The molecule has 1 heterocycles.